The zero-order chi connectivity index (χ0) is 12.7. The van der Waals surface area contributed by atoms with Crippen LogP contribution in [0, 0.1) is 0 Å². The molecule has 1 aliphatic carbocycles. The van der Waals surface area contributed by atoms with E-state index < -0.39 is 20.6 Å². The maximum atomic E-state index is 12.3. The van der Waals surface area contributed by atoms with Crippen LogP contribution in [0.5, 0.6) is 0 Å². The monoisotopic (exact) mass is 274 g/mol. The number of rotatable bonds is 3. The Kier molecular flexibility index (Phi) is 2.91. The summed E-state index contributed by atoms with van der Waals surface area (Å²) < 4.78 is 27.8. The Morgan fingerprint density at radius 2 is 1.82 bits per heavy atom. The number of methoxy groups -OCH3 is 1. The van der Waals surface area contributed by atoms with Gasteiger partial charge in [0.2, 0.25) is 0 Å². The van der Waals surface area contributed by atoms with Gasteiger partial charge in [-0.25, -0.2) is 8.42 Å². The summed E-state index contributed by atoms with van der Waals surface area (Å²) in [6.45, 7) is 0. The summed E-state index contributed by atoms with van der Waals surface area (Å²) in [6, 6.07) is 5.78. The van der Waals surface area contributed by atoms with Crippen molar-refractivity contribution in [1.82, 2.24) is 0 Å². The maximum Gasteiger partial charge on any atom is 0.327 e. The van der Waals surface area contributed by atoms with Crippen LogP contribution in [0.15, 0.2) is 29.2 Å². The molecule has 2 rings (SSSR count). The molecular weight excluding hydrogens is 264 g/mol. The van der Waals surface area contributed by atoms with Gasteiger partial charge >= 0.3 is 5.97 Å². The molecule has 0 spiro atoms. The van der Waals surface area contributed by atoms with Crippen molar-refractivity contribution in [2.45, 2.75) is 22.5 Å². The van der Waals surface area contributed by atoms with E-state index in [0.29, 0.717) is 17.9 Å². The summed E-state index contributed by atoms with van der Waals surface area (Å²) in [4.78, 5) is 11.7. The van der Waals surface area contributed by atoms with Crippen LogP contribution in [0.25, 0.3) is 0 Å². The van der Waals surface area contributed by atoms with Gasteiger partial charge in [-0.15, -0.1) is 0 Å². The molecule has 0 heterocycles. The third-order valence-electron chi connectivity index (χ3n) is 2.90. The molecule has 0 amide bonds. The Labute approximate surface area is 104 Å². The van der Waals surface area contributed by atoms with Gasteiger partial charge in [0.15, 0.2) is 14.6 Å². The summed E-state index contributed by atoms with van der Waals surface area (Å²) in [7, 11) is -2.49. The summed E-state index contributed by atoms with van der Waals surface area (Å²) in [5.74, 6) is -0.688. The second kappa shape index (κ2) is 3.99. The SMILES string of the molecule is COC(=O)C1(S(=O)(=O)c2ccc(Cl)cc2)CC1. The summed E-state index contributed by atoms with van der Waals surface area (Å²) in [6.07, 6.45) is 0.620. The van der Waals surface area contributed by atoms with Crippen molar-refractivity contribution in [3.8, 4) is 0 Å². The molecule has 92 valence electrons. The Morgan fingerprint density at radius 1 is 1.29 bits per heavy atom. The van der Waals surface area contributed by atoms with E-state index in [1.54, 1.807) is 0 Å². The summed E-state index contributed by atoms with van der Waals surface area (Å²) >= 11 is 5.70. The van der Waals surface area contributed by atoms with Crippen molar-refractivity contribution >= 4 is 27.4 Å². The number of hydrogen-bond acceptors (Lipinski definition) is 4. The van der Waals surface area contributed by atoms with Gasteiger partial charge < -0.3 is 4.74 Å². The van der Waals surface area contributed by atoms with E-state index in [1.807, 2.05) is 0 Å². The topological polar surface area (TPSA) is 60.4 Å². The summed E-state index contributed by atoms with van der Waals surface area (Å²) in [5, 5.41) is 0.451. The lowest BCUT2D eigenvalue weighted by Crippen LogP contribution is -2.33. The number of carbonyl (C=O) groups excluding carboxylic acids is 1. The normalized spacial score (nSPS) is 17.5. The average molecular weight is 275 g/mol. The predicted molar refractivity (Wildman–Crippen MR) is 62.6 cm³/mol. The Bertz CT molecular complexity index is 543. The van der Waals surface area contributed by atoms with Gasteiger partial charge in [0.1, 0.15) is 0 Å². The van der Waals surface area contributed by atoms with E-state index in [4.69, 9.17) is 11.6 Å². The van der Waals surface area contributed by atoms with Crippen LogP contribution in [-0.2, 0) is 19.4 Å². The number of sulfone groups is 1. The van der Waals surface area contributed by atoms with Crippen molar-refractivity contribution in [1.29, 1.82) is 0 Å². The second-order valence-corrected chi connectivity index (χ2v) is 6.64. The highest BCUT2D eigenvalue weighted by Crippen LogP contribution is 2.47. The number of carbonyl (C=O) groups is 1. The van der Waals surface area contributed by atoms with E-state index in [2.05, 4.69) is 4.74 Å². The maximum absolute atomic E-state index is 12.3. The van der Waals surface area contributed by atoms with Gasteiger partial charge in [-0.1, -0.05) is 11.6 Å². The predicted octanol–water partition coefficient (Wildman–Crippen LogP) is 1.82. The van der Waals surface area contributed by atoms with Crippen LogP contribution >= 0.6 is 11.6 Å². The molecule has 1 saturated carbocycles. The standard InChI is InChI=1S/C11H11ClO4S/c1-16-10(13)11(6-7-11)17(14,15)9-4-2-8(12)3-5-9/h2-5H,6-7H2,1H3. The van der Waals surface area contributed by atoms with E-state index >= 15 is 0 Å². The molecule has 0 bridgehead atoms. The first-order valence-electron chi connectivity index (χ1n) is 5.03. The van der Waals surface area contributed by atoms with Crippen molar-refractivity contribution in [3.63, 3.8) is 0 Å². The highest BCUT2D eigenvalue weighted by Gasteiger charge is 2.62. The van der Waals surface area contributed by atoms with Crippen LogP contribution in [0.2, 0.25) is 5.02 Å². The van der Waals surface area contributed by atoms with E-state index in [0.717, 1.165) is 0 Å². The quantitative estimate of drug-likeness (QED) is 0.789. The molecule has 0 aromatic heterocycles. The van der Waals surface area contributed by atoms with Crippen molar-refractivity contribution in [3.05, 3.63) is 29.3 Å². The first-order chi connectivity index (χ1) is 7.94. The first-order valence-corrected chi connectivity index (χ1v) is 6.89. The number of hydrogen-bond donors (Lipinski definition) is 0. The van der Waals surface area contributed by atoms with Crippen LogP contribution in [0.4, 0.5) is 0 Å². The number of ether oxygens (including phenoxy) is 1. The lowest BCUT2D eigenvalue weighted by atomic mass is 10.4. The molecule has 1 fully saturated rings. The van der Waals surface area contributed by atoms with Crippen molar-refractivity contribution in [2.75, 3.05) is 7.11 Å². The Balaban J connectivity index is 2.44. The summed E-state index contributed by atoms with van der Waals surface area (Å²) in [5.41, 5.74) is 0. The highest BCUT2D eigenvalue weighted by molar-refractivity contribution is 7.94. The van der Waals surface area contributed by atoms with Gasteiger partial charge in [0, 0.05) is 5.02 Å². The van der Waals surface area contributed by atoms with Crippen molar-refractivity contribution in [2.24, 2.45) is 0 Å². The van der Waals surface area contributed by atoms with Crippen LogP contribution in [0.1, 0.15) is 12.8 Å². The molecule has 0 saturated heterocycles. The number of esters is 1. The first kappa shape index (κ1) is 12.4. The lowest BCUT2D eigenvalue weighted by Gasteiger charge is -2.13. The molecule has 0 N–H and O–H groups in total. The fourth-order valence-corrected chi connectivity index (χ4v) is 3.74. The Hall–Kier alpha value is -1.07. The molecule has 4 nitrogen and oxygen atoms in total. The molecule has 17 heavy (non-hydrogen) atoms. The van der Waals surface area contributed by atoms with Gasteiger partial charge in [-0.3, -0.25) is 4.79 Å². The van der Waals surface area contributed by atoms with Crippen LogP contribution in [0.3, 0.4) is 0 Å². The van der Waals surface area contributed by atoms with E-state index in [9.17, 15) is 13.2 Å². The van der Waals surface area contributed by atoms with Crippen LogP contribution in [-0.4, -0.2) is 26.2 Å². The fourth-order valence-electron chi connectivity index (χ4n) is 1.72. The third kappa shape index (κ3) is 1.83. The molecule has 0 aliphatic heterocycles. The second-order valence-electron chi connectivity index (χ2n) is 3.94. The van der Waals surface area contributed by atoms with Crippen LogP contribution < -0.4 is 0 Å². The molecule has 0 atom stereocenters. The minimum Gasteiger partial charge on any atom is -0.468 e. The van der Waals surface area contributed by atoms with Gasteiger partial charge in [-0.05, 0) is 37.1 Å². The largest absolute Gasteiger partial charge is 0.468 e. The molecular formula is C11H11ClO4S. The smallest absolute Gasteiger partial charge is 0.327 e. The average Bonchev–Trinajstić information content (AvgIpc) is 3.10. The molecule has 0 unspecified atom stereocenters. The number of benzene rings is 1. The molecule has 0 radical (unpaired) electrons. The minimum atomic E-state index is -3.69. The number of halogens is 1. The molecule has 6 heteroatoms. The van der Waals surface area contributed by atoms with Gasteiger partial charge in [-0.2, -0.15) is 0 Å². The zero-order valence-corrected chi connectivity index (χ0v) is 10.7. The van der Waals surface area contributed by atoms with Gasteiger partial charge in [0.05, 0.1) is 12.0 Å². The highest BCUT2D eigenvalue weighted by atomic mass is 35.5. The lowest BCUT2D eigenvalue weighted by molar-refractivity contribution is -0.140. The molecule has 1 aliphatic rings. The zero-order valence-electron chi connectivity index (χ0n) is 9.14. The Morgan fingerprint density at radius 3 is 2.24 bits per heavy atom. The van der Waals surface area contributed by atoms with Gasteiger partial charge in [0.25, 0.3) is 0 Å². The molecule has 1 aromatic carbocycles. The third-order valence-corrected chi connectivity index (χ3v) is 5.65. The molecule has 1 aromatic rings. The van der Waals surface area contributed by atoms with E-state index in [-0.39, 0.29) is 4.90 Å². The van der Waals surface area contributed by atoms with Crippen molar-refractivity contribution < 1.29 is 17.9 Å². The minimum absolute atomic E-state index is 0.102. The van der Waals surface area contributed by atoms with E-state index in [1.165, 1.54) is 31.4 Å². The fraction of sp³-hybridized carbons (Fsp3) is 0.364.